The summed E-state index contributed by atoms with van der Waals surface area (Å²) in [6.45, 7) is 2.00. The van der Waals surface area contributed by atoms with Crippen LogP contribution >= 0.6 is 0 Å². The summed E-state index contributed by atoms with van der Waals surface area (Å²) < 4.78 is 10.7. The van der Waals surface area contributed by atoms with Crippen molar-refractivity contribution in [1.82, 2.24) is 0 Å². The van der Waals surface area contributed by atoms with Crippen molar-refractivity contribution < 1.29 is 14.6 Å². The first-order chi connectivity index (χ1) is 10.8. The molecule has 0 fully saturated rings. The van der Waals surface area contributed by atoms with Gasteiger partial charge in [0.1, 0.15) is 12.4 Å². The predicted octanol–water partition coefficient (Wildman–Crippen LogP) is 2.86. The quantitative estimate of drug-likeness (QED) is 0.699. The van der Waals surface area contributed by atoms with Crippen LogP contribution in [0.25, 0.3) is 0 Å². The van der Waals surface area contributed by atoms with Gasteiger partial charge in [0.25, 0.3) is 0 Å². The lowest BCUT2D eigenvalue weighted by atomic mass is 10.1. The third kappa shape index (κ3) is 5.06. The number of aliphatic hydroxyl groups is 1. The molecule has 118 valence electrons. The van der Waals surface area contributed by atoms with Crippen LogP contribution in [-0.4, -0.2) is 32.0 Å². The highest BCUT2D eigenvalue weighted by Crippen LogP contribution is 2.20. The highest BCUT2D eigenvalue weighted by molar-refractivity contribution is 5.46. The lowest BCUT2D eigenvalue weighted by Crippen LogP contribution is -2.07. The zero-order valence-corrected chi connectivity index (χ0v) is 12.9. The number of hydrogen-bond acceptors (Lipinski definition) is 4. The number of ether oxygens (including phenoxy) is 2. The Morgan fingerprint density at radius 3 is 2.50 bits per heavy atom. The van der Waals surface area contributed by atoms with E-state index in [4.69, 9.17) is 14.6 Å². The van der Waals surface area contributed by atoms with Gasteiger partial charge in [0.2, 0.25) is 0 Å². The molecule has 0 aliphatic carbocycles. The van der Waals surface area contributed by atoms with E-state index in [0.717, 1.165) is 22.6 Å². The number of rotatable bonds is 9. The first-order valence-corrected chi connectivity index (χ1v) is 7.47. The van der Waals surface area contributed by atoms with E-state index in [1.54, 1.807) is 7.11 Å². The minimum absolute atomic E-state index is 0.180. The summed E-state index contributed by atoms with van der Waals surface area (Å²) in [6, 6.07) is 16.1. The topological polar surface area (TPSA) is 50.7 Å². The average Bonchev–Trinajstić information content (AvgIpc) is 2.56. The fourth-order valence-electron chi connectivity index (χ4n) is 2.14. The molecule has 0 spiro atoms. The summed E-state index contributed by atoms with van der Waals surface area (Å²) >= 11 is 0. The summed E-state index contributed by atoms with van der Waals surface area (Å²) in [4.78, 5) is 0. The molecule has 2 rings (SSSR count). The Bertz CT molecular complexity index is 555. The van der Waals surface area contributed by atoms with Crippen LogP contribution in [0.4, 0.5) is 5.69 Å². The average molecular weight is 301 g/mol. The van der Waals surface area contributed by atoms with E-state index in [-0.39, 0.29) is 6.61 Å². The van der Waals surface area contributed by atoms with Gasteiger partial charge in [-0.15, -0.1) is 0 Å². The molecular weight excluding hydrogens is 278 g/mol. The van der Waals surface area contributed by atoms with Crippen LogP contribution in [0.5, 0.6) is 5.75 Å². The van der Waals surface area contributed by atoms with E-state index in [0.29, 0.717) is 26.2 Å². The van der Waals surface area contributed by atoms with Gasteiger partial charge in [-0.25, -0.2) is 0 Å². The van der Waals surface area contributed by atoms with Crippen molar-refractivity contribution in [2.75, 3.05) is 32.2 Å². The standard InChI is InChI=1S/C18H23NO3/c1-21-12-13-22-18-5-3-2-4-16(18)14-19-17-8-6-15(7-9-17)10-11-20/h2-9,19-20H,10-14H2,1H3. The van der Waals surface area contributed by atoms with Crippen LogP contribution in [0.2, 0.25) is 0 Å². The fraction of sp³-hybridized carbons (Fsp3) is 0.333. The van der Waals surface area contributed by atoms with E-state index in [2.05, 4.69) is 11.4 Å². The molecule has 0 aliphatic rings. The zero-order chi connectivity index (χ0) is 15.6. The lowest BCUT2D eigenvalue weighted by molar-refractivity contribution is 0.146. The maximum atomic E-state index is 8.92. The molecule has 2 N–H and O–H groups in total. The van der Waals surface area contributed by atoms with E-state index in [9.17, 15) is 0 Å². The van der Waals surface area contributed by atoms with Gasteiger partial charge in [-0.1, -0.05) is 30.3 Å². The summed E-state index contributed by atoms with van der Waals surface area (Å²) in [6.07, 6.45) is 0.691. The van der Waals surface area contributed by atoms with Gasteiger partial charge in [-0.3, -0.25) is 0 Å². The Labute approximate surface area is 131 Å². The molecule has 22 heavy (non-hydrogen) atoms. The van der Waals surface area contributed by atoms with Crippen molar-refractivity contribution in [2.45, 2.75) is 13.0 Å². The maximum Gasteiger partial charge on any atom is 0.124 e. The number of nitrogens with one attached hydrogen (secondary N) is 1. The van der Waals surface area contributed by atoms with Crippen LogP contribution in [0, 0.1) is 0 Å². The summed E-state index contributed by atoms with van der Waals surface area (Å²) in [5.74, 6) is 0.879. The first kappa shape index (κ1) is 16.3. The third-order valence-electron chi connectivity index (χ3n) is 3.36. The van der Waals surface area contributed by atoms with Gasteiger partial charge in [-0.2, -0.15) is 0 Å². The molecule has 0 unspecified atom stereocenters. The Morgan fingerprint density at radius 1 is 1.00 bits per heavy atom. The van der Waals surface area contributed by atoms with E-state index in [1.165, 1.54) is 0 Å². The third-order valence-corrected chi connectivity index (χ3v) is 3.36. The lowest BCUT2D eigenvalue weighted by Gasteiger charge is -2.13. The van der Waals surface area contributed by atoms with Crippen molar-refractivity contribution in [3.05, 3.63) is 59.7 Å². The van der Waals surface area contributed by atoms with Gasteiger partial charge >= 0.3 is 0 Å². The van der Waals surface area contributed by atoms with Crippen LogP contribution in [0.3, 0.4) is 0 Å². The molecule has 2 aromatic rings. The second-order valence-electron chi connectivity index (χ2n) is 4.97. The number of aliphatic hydroxyl groups excluding tert-OH is 1. The zero-order valence-electron chi connectivity index (χ0n) is 12.9. The second kappa shape index (κ2) is 9.07. The Balaban J connectivity index is 1.93. The minimum Gasteiger partial charge on any atom is -0.491 e. The Hall–Kier alpha value is -2.04. The minimum atomic E-state index is 0.180. The molecule has 2 aromatic carbocycles. The molecule has 0 aliphatic heterocycles. The van der Waals surface area contributed by atoms with E-state index < -0.39 is 0 Å². The number of methoxy groups -OCH3 is 1. The van der Waals surface area contributed by atoms with Gasteiger partial charge < -0.3 is 19.9 Å². The Kier molecular flexibility index (Phi) is 6.74. The molecule has 0 heterocycles. The normalized spacial score (nSPS) is 10.5. The number of anilines is 1. The first-order valence-electron chi connectivity index (χ1n) is 7.47. The molecule has 0 atom stereocenters. The smallest absolute Gasteiger partial charge is 0.124 e. The largest absolute Gasteiger partial charge is 0.491 e. The van der Waals surface area contributed by atoms with Crippen molar-refractivity contribution in [1.29, 1.82) is 0 Å². The molecule has 0 saturated heterocycles. The number of benzene rings is 2. The number of hydrogen-bond donors (Lipinski definition) is 2. The molecule has 4 nitrogen and oxygen atoms in total. The molecule has 0 amide bonds. The van der Waals surface area contributed by atoms with E-state index >= 15 is 0 Å². The van der Waals surface area contributed by atoms with Gasteiger partial charge in [0.15, 0.2) is 0 Å². The van der Waals surface area contributed by atoms with Gasteiger partial charge in [0.05, 0.1) is 6.61 Å². The Morgan fingerprint density at radius 2 is 1.77 bits per heavy atom. The second-order valence-corrected chi connectivity index (χ2v) is 4.97. The van der Waals surface area contributed by atoms with Crippen molar-refractivity contribution in [3.8, 4) is 5.75 Å². The van der Waals surface area contributed by atoms with Gasteiger partial charge in [-0.05, 0) is 30.2 Å². The molecule has 0 aromatic heterocycles. The molecule has 4 heteroatoms. The summed E-state index contributed by atoms with van der Waals surface area (Å²) in [5.41, 5.74) is 3.29. The maximum absolute atomic E-state index is 8.92. The van der Waals surface area contributed by atoms with Crippen LogP contribution < -0.4 is 10.1 Å². The van der Waals surface area contributed by atoms with Crippen LogP contribution in [-0.2, 0) is 17.7 Å². The number of para-hydroxylation sites is 1. The summed E-state index contributed by atoms with van der Waals surface area (Å²) in [7, 11) is 1.66. The SMILES string of the molecule is COCCOc1ccccc1CNc1ccc(CCO)cc1. The molecule has 0 radical (unpaired) electrons. The summed E-state index contributed by atoms with van der Waals surface area (Å²) in [5, 5.41) is 12.3. The van der Waals surface area contributed by atoms with Gasteiger partial charge in [0, 0.05) is 31.5 Å². The van der Waals surface area contributed by atoms with Crippen molar-refractivity contribution in [3.63, 3.8) is 0 Å². The fourth-order valence-corrected chi connectivity index (χ4v) is 2.14. The predicted molar refractivity (Wildman–Crippen MR) is 88.4 cm³/mol. The highest BCUT2D eigenvalue weighted by atomic mass is 16.5. The highest BCUT2D eigenvalue weighted by Gasteiger charge is 2.03. The van der Waals surface area contributed by atoms with Crippen LogP contribution in [0.15, 0.2) is 48.5 Å². The van der Waals surface area contributed by atoms with E-state index in [1.807, 2.05) is 42.5 Å². The monoisotopic (exact) mass is 301 g/mol. The molecule has 0 bridgehead atoms. The molecular formula is C18H23NO3. The van der Waals surface area contributed by atoms with Crippen LogP contribution in [0.1, 0.15) is 11.1 Å². The van der Waals surface area contributed by atoms with Crippen molar-refractivity contribution >= 4 is 5.69 Å². The molecule has 0 saturated carbocycles. The van der Waals surface area contributed by atoms with Crippen molar-refractivity contribution in [2.24, 2.45) is 0 Å².